The van der Waals surface area contributed by atoms with Gasteiger partial charge in [-0.15, -0.1) is 5.10 Å². The summed E-state index contributed by atoms with van der Waals surface area (Å²) in [7, 11) is 0. The molecule has 4 rings (SSSR count). The van der Waals surface area contributed by atoms with Crippen LogP contribution in [0, 0.1) is 5.41 Å². The number of hydrogen-bond acceptors (Lipinski definition) is 5. The molecule has 0 aliphatic rings. The van der Waals surface area contributed by atoms with Crippen LogP contribution in [0.15, 0.2) is 66.9 Å². The van der Waals surface area contributed by atoms with Crippen LogP contribution in [0.5, 0.6) is 11.6 Å². The van der Waals surface area contributed by atoms with Crippen LogP contribution < -0.4 is 15.4 Å². The fourth-order valence-electron chi connectivity index (χ4n) is 3.08. The van der Waals surface area contributed by atoms with Crippen LogP contribution in [0.2, 0.25) is 0 Å². The van der Waals surface area contributed by atoms with Crippen LogP contribution in [0.25, 0.3) is 5.65 Å². The quantitative estimate of drug-likeness (QED) is 0.364. The number of anilines is 2. The van der Waals surface area contributed by atoms with Crippen molar-refractivity contribution in [1.82, 2.24) is 14.6 Å². The van der Waals surface area contributed by atoms with Crippen molar-refractivity contribution in [3.05, 3.63) is 78.0 Å². The molecule has 0 spiro atoms. The molecule has 186 valence electrons. The molecule has 0 saturated heterocycles. The van der Waals surface area contributed by atoms with Crippen LogP contribution in [0.1, 0.15) is 36.7 Å². The predicted octanol–water partition coefficient (Wildman–Crippen LogP) is 5.78. The number of hydrogen-bond donors (Lipinski definition) is 2. The highest BCUT2D eigenvalue weighted by Gasteiger charge is 2.31. The summed E-state index contributed by atoms with van der Waals surface area (Å²) in [5.74, 6) is -0.122. The van der Waals surface area contributed by atoms with Gasteiger partial charge in [-0.2, -0.15) is 13.2 Å². The van der Waals surface area contributed by atoms with Gasteiger partial charge in [0.1, 0.15) is 5.75 Å². The molecule has 0 atom stereocenters. The van der Waals surface area contributed by atoms with E-state index in [0.717, 1.165) is 18.2 Å². The maximum Gasteiger partial charge on any atom is 0.416 e. The third-order valence-corrected chi connectivity index (χ3v) is 4.98. The Labute approximate surface area is 204 Å². The van der Waals surface area contributed by atoms with Gasteiger partial charge in [-0.1, -0.05) is 32.9 Å². The number of nitrogens with zero attached hydrogens (tertiary/aromatic N) is 3. The first kappa shape index (κ1) is 24.7. The van der Waals surface area contributed by atoms with Crippen molar-refractivity contribution in [3.8, 4) is 11.6 Å². The highest BCUT2D eigenvalue weighted by atomic mass is 19.4. The summed E-state index contributed by atoms with van der Waals surface area (Å²) in [5.41, 5.74) is -0.685. The average molecular weight is 497 g/mol. The Morgan fingerprint density at radius 1 is 0.944 bits per heavy atom. The number of carbonyl (C=O) groups excluding carboxylic acids is 2. The Bertz CT molecular complexity index is 1440. The van der Waals surface area contributed by atoms with Crippen molar-refractivity contribution in [3.63, 3.8) is 0 Å². The number of carbonyl (C=O) groups is 2. The lowest BCUT2D eigenvalue weighted by Gasteiger charge is -2.18. The normalized spacial score (nSPS) is 11.8. The molecule has 2 aromatic carbocycles. The van der Waals surface area contributed by atoms with E-state index in [9.17, 15) is 22.8 Å². The molecule has 0 aliphatic heterocycles. The van der Waals surface area contributed by atoms with Crippen LogP contribution >= 0.6 is 0 Å². The standard InChI is InChI=1S/C25H22F3N5O3/c1-24(2,3)23(35)29-17-8-5-9-18(13-17)36-21-11-10-20-30-19(14-33(20)32-21)31-22(34)15-6-4-7-16(12-15)25(26,27)28/h4-14H,1-3H3,(H,29,35)(H,31,34). The molecule has 36 heavy (non-hydrogen) atoms. The Morgan fingerprint density at radius 3 is 2.42 bits per heavy atom. The number of imidazole rings is 1. The molecule has 2 heterocycles. The Morgan fingerprint density at radius 2 is 1.69 bits per heavy atom. The maximum atomic E-state index is 12.9. The molecule has 2 aromatic heterocycles. The van der Waals surface area contributed by atoms with E-state index in [4.69, 9.17) is 4.74 Å². The highest BCUT2D eigenvalue weighted by molar-refractivity contribution is 6.04. The Hall–Kier alpha value is -4.41. The molecule has 0 saturated carbocycles. The van der Waals surface area contributed by atoms with E-state index >= 15 is 0 Å². The number of halogens is 3. The largest absolute Gasteiger partial charge is 0.438 e. The predicted molar refractivity (Wildman–Crippen MR) is 127 cm³/mol. The number of fused-ring (bicyclic) bond motifs is 1. The lowest BCUT2D eigenvalue weighted by molar-refractivity contribution is -0.137. The molecule has 2 N–H and O–H groups in total. The van der Waals surface area contributed by atoms with Crippen molar-refractivity contribution in [2.45, 2.75) is 26.9 Å². The number of rotatable bonds is 5. The minimum Gasteiger partial charge on any atom is -0.438 e. The molecule has 2 amide bonds. The average Bonchev–Trinajstić information content (AvgIpc) is 3.19. The third-order valence-electron chi connectivity index (χ3n) is 4.98. The van der Waals surface area contributed by atoms with E-state index in [0.29, 0.717) is 17.1 Å². The first-order chi connectivity index (χ1) is 16.9. The smallest absolute Gasteiger partial charge is 0.416 e. The summed E-state index contributed by atoms with van der Waals surface area (Å²) in [6.45, 7) is 5.43. The van der Waals surface area contributed by atoms with Gasteiger partial charge < -0.3 is 15.4 Å². The Kier molecular flexibility index (Phi) is 6.40. The number of aromatic nitrogens is 3. The molecule has 0 fully saturated rings. The summed E-state index contributed by atoms with van der Waals surface area (Å²) < 4.78 is 45.9. The zero-order valence-corrected chi connectivity index (χ0v) is 19.6. The van der Waals surface area contributed by atoms with E-state index in [1.54, 1.807) is 36.4 Å². The van der Waals surface area contributed by atoms with Crippen molar-refractivity contribution in [1.29, 1.82) is 0 Å². The number of nitrogens with one attached hydrogen (secondary N) is 2. The summed E-state index contributed by atoms with van der Waals surface area (Å²) in [6, 6.07) is 14.1. The molecular weight excluding hydrogens is 475 g/mol. The SMILES string of the molecule is CC(C)(C)C(=O)Nc1cccc(Oc2ccc3nc(NC(=O)c4cccc(C(F)(F)F)c4)cn3n2)c1. The van der Waals surface area contributed by atoms with Crippen LogP contribution in [-0.4, -0.2) is 26.4 Å². The van der Waals surface area contributed by atoms with Gasteiger partial charge in [-0.3, -0.25) is 9.59 Å². The second kappa shape index (κ2) is 9.33. The first-order valence-electron chi connectivity index (χ1n) is 10.8. The minimum atomic E-state index is -4.56. The van der Waals surface area contributed by atoms with E-state index in [2.05, 4.69) is 20.7 Å². The van der Waals surface area contributed by atoms with Gasteiger partial charge in [-0.05, 0) is 36.4 Å². The van der Waals surface area contributed by atoms with Gasteiger partial charge >= 0.3 is 6.18 Å². The van der Waals surface area contributed by atoms with Crippen LogP contribution in [-0.2, 0) is 11.0 Å². The van der Waals surface area contributed by atoms with Crippen molar-refractivity contribution >= 4 is 29.0 Å². The van der Waals surface area contributed by atoms with E-state index in [-0.39, 0.29) is 23.2 Å². The number of benzene rings is 2. The zero-order chi connectivity index (χ0) is 26.1. The van der Waals surface area contributed by atoms with E-state index < -0.39 is 23.1 Å². The second-order valence-corrected chi connectivity index (χ2v) is 8.97. The minimum absolute atomic E-state index is 0.106. The lowest BCUT2D eigenvalue weighted by Crippen LogP contribution is -2.27. The van der Waals surface area contributed by atoms with Crippen LogP contribution in [0.3, 0.4) is 0 Å². The molecule has 8 nitrogen and oxygen atoms in total. The molecule has 0 bridgehead atoms. The van der Waals surface area contributed by atoms with Gasteiger partial charge in [-0.25, -0.2) is 9.50 Å². The lowest BCUT2D eigenvalue weighted by atomic mass is 9.95. The van der Waals surface area contributed by atoms with Crippen molar-refractivity contribution in [2.24, 2.45) is 5.41 Å². The summed E-state index contributed by atoms with van der Waals surface area (Å²) in [6.07, 6.45) is -3.15. The van der Waals surface area contributed by atoms with Gasteiger partial charge in [0.25, 0.3) is 5.91 Å². The molecule has 0 aliphatic carbocycles. The van der Waals surface area contributed by atoms with Gasteiger partial charge in [0.05, 0.1) is 11.8 Å². The monoisotopic (exact) mass is 497 g/mol. The number of amides is 2. The Balaban J connectivity index is 1.48. The van der Waals surface area contributed by atoms with Gasteiger partial charge in [0.2, 0.25) is 11.8 Å². The van der Waals surface area contributed by atoms with E-state index in [1.165, 1.54) is 16.8 Å². The molecular formula is C25H22F3N5O3. The molecule has 4 aromatic rings. The molecule has 0 radical (unpaired) electrons. The fourth-order valence-corrected chi connectivity index (χ4v) is 3.08. The first-order valence-corrected chi connectivity index (χ1v) is 10.8. The fraction of sp³-hybridized carbons (Fsp3) is 0.200. The number of alkyl halides is 3. The zero-order valence-electron chi connectivity index (χ0n) is 19.6. The summed E-state index contributed by atoms with van der Waals surface area (Å²) in [5, 5.41) is 9.59. The molecule has 11 heteroatoms. The van der Waals surface area contributed by atoms with Crippen molar-refractivity contribution in [2.75, 3.05) is 10.6 Å². The third kappa shape index (κ3) is 5.80. The summed E-state index contributed by atoms with van der Waals surface area (Å²) >= 11 is 0. The maximum absolute atomic E-state index is 12.9. The molecule has 0 unspecified atom stereocenters. The van der Waals surface area contributed by atoms with Crippen molar-refractivity contribution < 1.29 is 27.5 Å². The summed E-state index contributed by atoms with van der Waals surface area (Å²) in [4.78, 5) is 28.9. The van der Waals surface area contributed by atoms with Gasteiger partial charge in [0.15, 0.2) is 11.5 Å². The number of ether oxygens (including phenoxy) is 1. The highest BCUT2D eigenvalue weighted by Crippen LogP contribution is 2.30. The second-order valence-electron chi connectivity index (χ2n) is 8.97. The van der Waals surface area contributed by atoms with Crippen LogP contribution in [0.4, 0.5) is 24.7 Å². The van der Waals surface area contributed by atoms with Gasteiger partial charge in [0, 0.05) is 28.8 Å². The topological polar surface area (TPSA) is 97.6 Å². The van der Waals surface area contributed by atoms with E-state index in [1.807, 2.05) is 20.8 Å².